The molecule has 0 spiro atoms. The summed E-state index contributed by atoms with van der Waals surface area (Å²) in [6, 6.07) is 1.92. The normalized spacial score (nSPS) is 12.4. The molecular formula is C15H20BrNO6. The highest BCUT2D eigenvalue weighted by molar-refractivity contribution is 9.10. The summed E-state index contributed by atoms with van der Waals surface area (Å²) in [5, 5.41) is 21.5. The topological polar surface area (TPSA) is 105 Å². The van der Waals surface area contributed by atoms with Crippen molar-refractivity contribution in [1.29, 1.82) is 0 Å². The van der Waals surface area contributed by atoms with E-state index in [4.69, 9.17) is 9.47 Å². The van der Waals surface area contributed by atoms with E-state index < -0.39 is 23.7 Å². The van der Waals surface area contributed by atoms with Crippen molar-refractivity contribution >= 4 is 28.0 Å². The second-order valence-corrected chi connectivity index (χ2v) is 6.62. The molecule has 7 nitrogen and oxygen atoms in total. The molecule has 0 fully saturated rings. The molecule has 0 saturated carbocycles. The number of alkyl carbamates (subject to hydrolysis) is 1. The van der Waals surface area contributed by atoms with Crippen LogP contribution in [0.25, 0.3) is 0 Å². The SMILES string of the molecule is COc1ccc(CC(NC(=O)OC(C)(C)C)C(=O)O)c(Br)c1O. The first-order valence-electron chi connectivity index (χ1n) is 6.81. The number of ether oxygens (including phenoxy) is 2. The van der Waals surface area contributed by atoms with Gasteiger partial charge in [-0.25, -0.2) is 9.59 Å². The van der Waals surface area contributed by atoms with Crippen LogP contribution in [0, 0.1) is 0 Å². The lowest BCUT2D eigenvalue weighted by molar-refractivity contribution is -0.139. The van der Waals surface area contributed by atoms with Crippen LogP contribution in [0.2, 0.25) is 0 Å². The molecule has 0 aliphatic carbocycles. The highest BCUT2D eigenvalue weighted by atomic mass is 79.9. The lowest BCUT2D eigenvalue weighted by Crippen LogP contribution is -2.44. The zero-order valence-electron chi connectivity index (χ0n) is 13.3. The smallest absolute Gasteiger partial charge is 0.408 e. The van der Waals surface area contributed by atoms with E-state index >= 15 is 0 Å². The van der Waals surface area contributed by atoms with E-state index in [2.05, 4.69) is 21.2 Å². The minimum Gasteiger partial charge on any atom is -0.503 e. The van der Waals surface area contributed by atoms with Crippen molar-refractivity contribution in [3.05, 3.63) is 22.2 Å². The van der Waals surface area contributed by atoms with Crippen LogP contribution < -0.4 is 10.1 Å². The number of carboxylic acid groups (broad SMARTS) is 1. The molecule has 0 heterocycles. The Labute approximate surface area is 142 Å². The number of phenolic OH excluding ortho intramolecular Hbond substituents is 1. The number of aliphatic carboxylic acids is 1. The van der Waals surface area contributed by atoms with E-state index in [1.54, 1.807) is 26.8 Å². The summed E-state index contributed by atoms with van der Waals surface area (Å²) >= 11 is 3.20. The third kappa shape index (κ3) is 5.63. The molecule has 1 unspecified atom stereocenters. The number of phenols is 1. The van der Waals surface area contributed by atoms with Gasteiger partial charge in [-0.2, -0.15) is 0 Å². The number of rotatable bonds is 5. The number of hydrogen-bond acceptors (Lipinski definition) is 5. The molecule has 23 heavy (non-hydrogen) atoms. The molecule has 0 aliphatic rings. The van der Waals surface area contributed by atoms with Crippen LogP contribution in [0.4, 0.5) is 4.79 Å². The first-order chi connectivity index (χ1) is 10.5. The summed E-state index contributed by atoms with van der Waals surface area (Å²) in [4.78, 5) is 23.1. The maximum absolute atomic E-state index is 11.7. The zero-order valence-corrected chi connectivity index (χ0v) is 14.9. The quantitative estimate of drug-likeness (QED) is 0.714. The van der Waals surface area contributed by atoms with Gasteiger partial charge in [0.05, 0.1) is 11.6 Å². The summed E-state index contributed by atoms with van der Waals surface area (Å²) < 4.78 is 10.3. The van der Waals surface area contributed by atoms with Crippen LogP contribution in [-0.2, 0) is 16.0 Å². The molecule has 3 N–H and O–H groups in total. The van der Waals surface area contributed by atoms with Gasteiger partial charge >= 0.3 is 12.1 Å². The van der Waals surface area contributed by atoms with Gasteiger partial charge in [0, 0.05) is 6.42 Å². The number of carbonyl (C=O) groups excluding carboxylic acids is 1. The Balaban J connectivity index is 2.91. The van der Waals surface area contributed by atoms with Crippen LogP contribution >= 0.6 is 15.9 Å². The van der Waals surface area contributed by atoms with Gasteiger partial charge in [-0.3, -0.25) is 0 Å². The monoisotopic (exact) mass is 389 g/mol. The standard InChI is InChI=1S/C15H20BrNO6/c1-15(2,3)23-14(21)17-9(13(19)20)7-8-5-6-10(22-4)12(18)11(8)16/h5-6,9,18H,7H2,1-4H3,(H,17,21)(H,19,20). The summed E-state index contributed by atoms with van der Waals surface area (Å²) in [6.07, 6.45) is -0.856. The van der Waals surface area contributed by atoms with Gasteiger partial charge in [-0.1, -0.05) is 6.07 Å². The maximum Gasteiger partial charge on any atom is 0.408 e. The molecule has 128 valence electrons. The number of nitrogens with one attached hydrogen (secondary N) is 1. The van der Waals surface area contributed by atoms with Crippen molar-refractivity contribution in [3.63, 3.8) is 0 Å². The number of amides is 1. The highest BCUT2D eigenvalue weighted by Crippen LogP contribution is 2.36. The molecule has 0 saturated heterocycles. The minimum atomic E-state index is -1.21. The van der Waals surface area contributed by atoms with Crippen LogP contribution in [0.3, 0.4) is 0 Å². The van der Waals surface area contributed by atoms with Crippen molar-refractivity contribution < 1.29 is 29.3 Å². The average Bonchev–Trinajstić information content (AvgIpc) is 2.41. The van der Waals surface area contributed by atoms with E-state index in [0.717, 1.165) is 0 Å². The Morgan fingerprint density at radius 3 is 2.43 bits per heavy atom. The number of hydrogen-bond donors (Lipinski definition) is 3. The number of carbonyl (C=O) groups is 2. The number of aromatic hydroxyl groups is 1. The number of benzene rings is 1. The second-order valence-electron chi connectivity index (χ2n) is 5.83. The molecule has 1 atom stereocenters. The Hall–Kier alpha value is -1.96. The van der Waals surface area contributed by atoms with Gasteiger partial charge in [-0.05, 0) is 48.3 Å². The van der Waals surface area contributed by atoms with Gasteiger partial charge in [0.1, 0.15) is 11.6 Å². The fourth-order valence-electron chi connectivity index (χ4n) is 1.78. The molecule has 0 bridgehead atoms. The van der Waals surface area contributed by atoms with Crippen LogP contribution in [0.5, 0.6) is 11.5 Å². The second kappa shape index (κ2) is 7.54. The Kier molecular flexibility index (Phi) is 6.26. The first-order valence-corrected chi connectivity index (χ1v) is 7.61. The van der Waals surface area contributed by atoms with Crippen molar-refractivity contribution in [2.24, 2.45) is 0 Å². The Morgan fingerprint density at radius 1 is 1.35 bits per heavy atom. The molecule has 8 heteroatoms. The van der Waals surface area contributed by atoms with Crippen LogP contribution in [-0.4, -0.2) is 41.0 Å². The number of carboxylic acids is 1. The summed E-state index contributed by atoms with van der Waals surface area (Å²) in [7, 11) is 1.41. The van der Waals surface area contributed by atoms with Gasteiger partial charge in [-0.15, -0.1) is 0 Å². The lowest BCUT2D eigenvalue weighted by Gasteiger charge is -2.22. The predicted molar refractivity (Wildman–Crippen MR) is 86.9 cm³/mol. The molecule has 1 aromatic rings. The van der Waals surface area contributed by atoms with E-state index in [1.807, 2.05) is 0 Å². The van der Waals surface area contributed by atoms with Crippen LogP contribution in [0.15, 0.2) is 16.6 Å². The molecule has 0 radical (unpaired) electrons. The first kappa shape index (κ1) is 19.1. The number of methoxy groups -OCH3 is 1. The third-order valence-electron chi connectivity index (χ3n) is 2.79. The summed E-state index contributed by atoms with van der Waals surface area (Å²) in [5.41, 5.74) is -0.224. The van der Waals surface area contributed by atoms with Gasteiger partial charge in [0.15, 0.2) is 11.5 Å². The van der Waals surface area contributed by atoms with E-state index in [9.17, 15) is 19.8 Å². The van der Waals surface area contributed by atoms with E-state index in [0.29, 0.717) is 10.0 Å². The third-order valence-corrected chi connectivity index (χ3v) is 3.68. The Bertz CT molecular complexity index is 596. The molecule has 1 amide bonds. The fourth-order valence-corrected chi connectivity index (χ4v) is 2.27. The summed E-state index contributed by atoms with van der Waals surface area (Å²) in [5.74, 6) is -1.09. The predicted octanol–water partition coefficient (Wildman–Crippen LogP) is 2.68. The van der Waals surface area contributed by atoms with Crippen molar-refractivity contribution in [2.45, 2.75) is 38.8 Å². The largest absolute Gasteiger partial charge is 0.503 e. The molecular weight excluding hydrogens is 370 g/mol. The minimum absolute atomic E-state index is 0.0350. The summed E-state index contributed by atoms with van der Waals surface area (Å²) in [6.45, 7) is 5.04. The van der Waals surface area contributed by atoms with Crippen molar-refractivity contribution in [2.75, 3.05) is 7.11 Å². The maximum atomic E-state index is 11.7. The van der Waals surface area contributed by atoms with E-state index in [1.165, 1.54) is 13.2 Å². The fraction of sp³-hybridized carbons (Fsp3) is 0.467. The molecule has 0 aliphatic heterocycles. The van der Waals surface area contributed by atoms with Gasteiger partial charge in [0.2, 0.25) is 0 Å². The average molecular weight is 390 g/mol. The highest BCUT2D eigenvalue weighted by Gasteiger charge is 2.25. The zero-order chi connectivity index (χ0) is 17.8. The van der Waals surface area contributed by atoms with Crippen molar-refractivity contribution in [3.8, 4) is 11.5 Å². The van der Waals surface area contributed by atoms with E-state index in [-0.39, 0.29) is 17.9 Å². The van der Waals surface area contributed by atoms with Gasteiger partial charge in [0.25, 0.3) is 0 Å². The van der Waals surface area contributed by atoms with Crippen LogP contribution in [0.1, 0.15) is 26.3 Å². The number of halogens is 1. The van der Waals surface area contributed by atoms with Gasteiger partial charge < -0.3 is 25.0 Å². The molecule has 1 aromatic carbocycles. The Morgan fingerprint density at radius 2 is 1.96 bits per heavy atom. The lowest BCUT2D eigenvalue weighted by atomic mass is 10.1. The van der Waals surface area contributed by atoms with Crippen molar-refractivity contribution in [1.82, 2.24) is 5.32 Å². The molecule has 1 rings (SSSR count). The molecule has 0 aromatic heterocycles.